The van der Waals surface area contributed by atoms with E-state index in [0.717, 1.165) is 0 Å². The first-order valence-corrected chi connectivity index (χ1v) is 5.79. The number of nitrogens with two attached hydrogens (primary N) is 1. The van der Waals surface area contributed by atoms with Crippen LogP contribution in [0.3, 0.4) is 0 Å². The van der Waals surface area contributed by atoms with Crippen LogP contribution in [0.15, 0.2) is 17.0 Å². The number of nitrogen functional groups attached to an aromatic ring is 1. The zero-order valence-corrected chi connectivity index (χ0v) is 9.08. The Balaban J connectivity index is 2.77. The van der Waals surface area contributed by atoms with Gasteiger partial charge in [-0.05, 0) is 23.2 Å². The second-order valence-corrected chi connectivity index (χ2v) is 4.95. The van der Waals surface area contributed by atoms with E-state index in [1.165, 1.54) is 23.5 Å². The van der Waals surface area contributed by atoms with Gasteiger partial charge in [0, 0.05) is 4.90 Å². The van der Waals surface area contributed by atoms with E-state index in [1.54, 1.807) is 0 Å². The summed E-state index contributed by atoms with van der Waals surface area (Å²) in [6, 6.07) is 2.85. The summed E-state index contributed by atoms with van der Waals surface area (Å²) in [5.41, 5.74) is 6.03. The standard InChI is InChI=1S/C7H5ClN2O2S2/c8-4-1-3(14(11)12)2-5-6(4)10-7(9)13-5/h1-2H,(H2,9,10)(H,11,12)/p-1. The van der Waals surface area contributed by atoms with Crippen molar-refractivity contribution in [1.29, 1.82) is 0 Å². The average Bonchev–Trinajstić information content (AvgIpc) is 2.45. The van der Waals surface area contributed by atoms with Gasteiger partial charge in [0.05, 0.1) is 9.72 Å². The molecule has 1 aromatic heterocycles. The molecule has 1 unspecified atom stereocenters. The first kappa shape index (κ1) is 9.85. The van der Waals surface area contributed by atoms with Gasteiger partial charge in [0.25, 0.3) is 0 Å². The zero-order valence-electron chi connectivity index (χ0n) is 6.69. The Kier molecular flexibility index (Phi) is 2.44. The number of thiazole rings is 1. The highest BCUT2D eigenvalue weighted by Crippen LogP contribution is 2.31. The van der Waals surface area contributed by atoms with Crippen molar-refractivity contribution in [1.82, 2.24) is 4.98 Å². The third kappa shape index (κ3) is 1.61. The number of rotatable bonds is 1. The number of halogens is 1. The van der Waals surface area contributed by atoms with Crippen LogP contribution in [0.2, 0.25) is 5.02 Å². The highest BCUT2D eigenvalue weighted by Gasteiger charge is 2.07. The third-order valence-electron chi connectivity index (χ3n) is 1.63. The summed E-state index contributed by atoms with van der Waals surface area (Å²) in [7, 11) is 0. The molecule has 1 aromatic carbocycles. The maximum atomic E-state index is 10.7. The molecule has 0 fully saturated rings. The monoisotopic (exact) mass is 247 g/mol. The lowest BCUT2D eigenvalue weighted by Crippen LogP contribution is -1.88. The molecule has 0 saturated heterocycles. The van der Waals surface area contributed by atoms with Gasteiger partial charge in [0.2, 0.25) is 0 Å². The predicted molar refractivity (Wildman–Crippen MR) is 56.2 cm³/mol. The number of nitrogens with zero attached hydrogens (tertiary/aromatic N) is 1. The second-order valence-electron chi connectivity index (χ2n) is 2.54. The molecular formula is C7H4ClN2O2S2-. The highest BCUT2D eigenvalue weighted by atomic mass is 35.5. The van der Waals surface area contributed by atoms with E-state index in [-0.39, 0.29) is 4.90 Å². The van der Waals surface area contributed by atoms with Crippen LogP contribution in [0, 0.1) is 0 Å². The average molecular weight is 248 g/mol. The van der Waals surface area contributed by atoms with Gasteiger partial charge in [0.1, 0.15) is 5.52 Å². The van der Waals surface area contributed by atoms with E-state index >= 15 is 0 Å². The number of fused-ring (bicyclic) bond motifs is 1. The Morgan fingerprint density at radius 1 is 1.57 bits per heavy atom. The summed E-state index contributed by atoms with van der Waals surface area (Å²) in [5.74, 6) is 0. The normalized spacial score (nSPS) is 13.3. The summed E-state index contributed by atoms with van der Waals surface area (Å²) in [5, 5.41) is 0.672. The predicted octanol–water partition coefficient (Wildman–Crippen LogP) is 1.77. The summed E-state index contributed by atoms with van der Waals surface area (Å²) < 4.78 is 22.1. The molecule has 0 aliphatic heterocycles. The molecule has 0 aliphatic carbocycles. The molecule has 14 heavy (non-hydrogen) atoms. The van der Waals surface area contributed by atoms with Gasteiger partial charge in [-0.3, -0.25) is 4.21 Å². The van der Waals surface area contributed by atoms with Crippen molar-refractivity contribution in [3.8, 4) is 0 Å². The Morgan fingerprint density at radius 2 is 2.29 bits per heavy atom. The maximum absolute atomic E-state index is 10.7. The van der Waals surface area contributed by atoms with Gasteiger partial charge >= 0.3 is 0 Å². The lowest BCUT2D eigenvalue weighted by molar-refractivity contribution is 0.537. The number of hydrogen-bond acceptors (Lipinski definition) is 5. The van der Waals surface area contributed by atoms with Crippen molar-refractivity contribution >= 4 is 49.4 Å². The zero-order chi connectivity index (χ0) is 10.3. The largest absolute Gasteiger partial charge is 0.768 e. The van der Waals surface area contributed by atoms with Crippen LogP contribution in [0.5, 0.6) is 0 Å². The number of benzene rings is 1. The molecule has 0 saturated carbocycles. The Labute approximate surface area is 91.0 Å². The van der Waals surface area contributed by atoms with E-state index in [9.17, 15) is 8.76 Å². The van der Waals surface area contributed by atoms with Crippen LogP contribution in [0.4, 0.5) is 5.13 Å². The van der Waals surface area contributed by atoms with Gasteiger partial charge in [-0.15, -0.1) is 0 Å². The summed E-state index contributed by atoms with van der Waals surface area (Å²) in [6.07, 6.45) is 0. The minimum Gasteiger partial charge on any atom is -0.768 e. The van der Waals surface area contributed by atoms with Crippen molar-refractivity contribution in [2.45, 2.75) is 4.90 Å². The molecular weight excluding hydrogens is 244 g/mol. The molecule has 74 valence electrons. The number of aromatic nitrogens is 1. The van der Waals surface area contributed by atoms with Gasteiger partial charge in [-0.25, -0.2) is 4.98 Å². The lowest BCUT2D eigenvalue weighted by atomic mass is 10.3. The van der Waals surface area contributed by atoms with E-state index in [2.05, 4.69) is 4.98 Å². The Bertz CT molecular complexity index is 526. The van der Waals surface area contributed by atoms with Gasteiger partial charge in [-0.2, -0.15) is 0 Å². The van der Waals surface area contributed by atoms with Crippen molar-refractivity contribution in [2.24, 2.45) is 0 Å². The molecule has 0 bridgehead atoms. The maximum Gasteiger partial charge on any atom is 0.181 e. The molecule has 0 amide bonds. The van der Waals surface area contributed by atoms with E-state index in [0.29, 0.717) is 20.4 Å². The molecule has 0 radical (unpaired) electrons. The fraction of sp³-hybridized carbons (Fsp3) is 0. The molecule has 4 nitrogen and oxygen atoms in total. The number of hydrogen-bond donors (Lipinski definition) is 1. The fourth-order valence-corrected chi connectivity index (χ4v) is 2.76. The van der Waals surface area contributed by atoms with Crippen LogP contribution in [-0.4, -0.2) is 13.7 Å². The van der Waals surface area contributed by atoms with Crippen LogP contribution in [0.1, 0.15) is 0 Å². The van der Waals surface area contributed by atoms with Crippen molar-refractivity contribution in [3.05, 3.63) is 17.2 Å². The summed E-state index contributed by atoms with van der Waals surface area (Å²) in [6.45, 7) is 0. The SMILES string of the molecule is Nc1nc2c(Cl)cc(S(=O)[O-])cc2s1. The van der Waals surface area contributed by atoms with Crippen molar-refractivity contribution < 1.29 is 8.76 Å². The third-order valence-corrected chi connectivity index (χ3v) is 3.37. The van der Waals surface area contributed by atoms with Gasteiger partial charge in [-0.1, -0.05) is 22.9 Å². The van der Waals surface area contributed by atoms with Crippen LogP contribution in [-0.2, 0) is 11.1 Å². The second kappa shape index (κ2) is 3.47. The van der Waals surface area contributed by atoms with E-state index < -0.39 is 11.1 Å². The topological polar surface area (TPSA) is 79.0 Å². The quantitative estimate of drug-likeness (QED) is 0.779. The Hall–Kier alpha value is -0.690. The molecule has 0 spiro atoms. The van der Waals surface area contributed by atoms with Crippen LogP contribution in [0.25, 0.3) is 10.2 Å². The molecule has 2 aromatic rings. The minimum absolute atomic E-state index is 0.145. The molecule has 1 heterocycles. The molecule has 2 rings (SSSR count). The van der Waals surface area contributed by atoms with Crippen LogP contribution >= 0.6 is 22.9 Å². The first-order chi connectivity index (χ1) is 6.58. The van der Waals surface area contributed by atoms with Crippen molar-refractivity contribution in [2.75, 3.05) is 5.73 Å². The smallest absolute Gasteiger partial charge is 0.181 e. The fourth-order valence-electron chi connectivity index (χ4n) is 1.08. The van der Waals surface area contributed by atoms with Crippen LogP contribution < -0.4 is 5.73 Å². The summed E-state index contributed by atoms with van der Waals surface area (Å²) >= 11 is 4.76. The van der Waals surface area contributed by atoms with Crippen molar-refractivity contribution in [3.63, 3.8) is 0 Å². The van der Waals surface area contributed by atoms with Gasteiger partial charge in [0.15, 0.2) is 5.13 Å². The molecule has 1 atom stereocenters. The lowest BCUT2D eigenvalue weighted by Gasteiger charge is -2.04. The van der Waals surface area contributed by atoms with E-state index in [4.69, 9.17) is 17.3 Å². The Morgan fingerprint density at radius 3 is 2.93 bits per heavy atom. The summed E-state index contributed by atoms with van der Waals surface area (Å²) in [4.78, 5) is 4.12. The number of anilines is 1. The molecule has 0 aliphatic rings. The minimum atomic E-state index is -2.28. The first-order valence-electron chi connectivity index (χ1n) is 3.53. The van der Waals surface area contributed by atoms with E-state index in [1.807, 2.05) is 0 Å². The molecule has 2 N–H and O–H groups in total. The highest BCUT2D eigenvalue weighted by molar-refractivity contribution is 7.79. The van der Waals surface area contributed by atoms with Gasteiger partial charge < -0.3 is 10.3 Å². The molecule has 7 heteroatoms.